The zero-order valence-corrected chi connectivity index (χ0v) is 9.59. The van der Waals surface area contributed by atoms with E-state index < -0.39 is 0 Å². The van der Waals surface area contributed by atoms with E-state index in [-0.39, 0.29) is 6.61 Å². The molecule has 16 heavy (non-hydrogen) atoms. The Hall–Kier alpha value is -1.17. The number of aliphatic hydroxyl groups excluding tert-OH is 1. The van der Waals surface area contributed by atoms with Crippen LogP contribution in [0.25, 0.3) is 0 Å². The zero-order chi connectivity index (χ0) is 11.8. The highest BCUT2D eigenvalue weighted by Gasteiger charge is 2.06. The highest BCUT2D eigenvalue weighted by atomic mass is 16.5. The number of nitrogen functional groups attached to an aromatic ring is 1. The number of nitrogens with two attached hydrogens (primary N) is 1. The third-order valence-electron chi connectivity index (χ3n) is 2.25. The smallest absolute Gasteiger partial charge is 0.0589 e. The van der Waals surface area contributed by atoms with E-state index in [9.17, 15) is 0 Å². The largest absolute Gasteiger partial charge is 0.399 e. The summed E-state index contributed by atoms with van der Waals surface area (Å²) >= 11 is 0. The average Bonchev–Trinajstić information content (AvgIpc) is 2.26. The number of pyridine rings is 1. The molecule has 5 nitrogen and oxygen atoms in total. The first-order valence-corrected chi connectivity index (χ1v) is 5.29. The van der Waals surface area contributed by atoms with Crippen molar-refractivity contribution in [1.29, 1.82) is 0 Å². The zero-order valence-electron chi connectivity index (χ0n) is 9.59. The molecule has 0 aliphatic rings. The molecule has 1 heterocycles. The lowest BCUT2D eigenvalue weighted by atomic mass is 10.3. The molecule has 5 heteroatoms. The summed E-state index contributed by atoms with van der Waals surface area (Å²) < 4.78 is 5.01. The molecule has 0 saturated heterocycles. The number of ether oxygens (including phenoxy) is 1. The van der Waals surface area contributed by atoms with Crippen molar-refractivity contribution in [1.82, 2.24) is 9.88 Å². The van der Waals surface area contributed by atoms with Crippen LogP contribution in [0.15, 0.2) is 18.3 Å². The SMILES string of the molecule is COCCN(CCO)Cc1cc(N)ccn1. The fourth-order valence-electron chi connectivity index (χ4n) is 1.44. The van der Waals surface area contributed by atoms with Crippen LogP contribution in [0.5, 0.6) is 0 Å². The van der Waals surface area contributed by atoms with E-state index >= 15 is 0 Å². The van der Waals surface area contributed by atoms with Gasteiger partial charge in [0.2, 0.25) is 0 Å². The molecule has 3 N–H and O–H groups in total. The average molecular weight is 225 g/mol. The van der Waals surface area contributed by atoms with Gasteiger partial charge in [-0.05, 0) is 12.1 Å². The van der Waals surface area contributed by atoms with Crippen molar-refractivity contribution >= 4 is 5.69 Å². The van der Waals surface area contributed by atoms with Gasteiger partial charge in [-0.2, -0.15) is 0 Å². The van der Waals surface area contributed by atoms with Crippen LogP contribution in [0.4, 0.5) is 5.69 Å². The molecule has 1 rings (SSSR count). The van der Waals surface area contributed by atoms with E-state index in [1.165, 1.54) is 0 Å². The molecule has 0 saturated carbocycles. The van der Waals surface area contributed by atoms with Gasteiger partial charge in [-0.1, -0.05) is 0 Å². The van der Waals surface area contributed by atoms with E-state index in [1.807, 2.05) is 6.07 Å². The van der Waals surface area contributed by atoms with Gasteiger partial charge >= 0.3 is 0 Å². The van der Waals surface area contributed by atoms with E-state index in [0.29, 0.717) is 25.4 Å². The molecule has 0 unspecified atom stereocenters. The van der Waals surface area contributed by atoms with Crippen LogP contribution >= 0.6 is 0 Å². The number of rotatable bonds is 7. The molecule has 0 atom stereocenters. The first-order valence-electron chi connectivity index (χ1n) is 5.29. The number of nitrogens with zero attached hydrogens (tertiary/aromatic N) is 2. The predicted molar refractivity (Wildman–Crippen MR) is 62.9 cm³/mol. The first kappa shape index (κ1) is 12.9. The molecule has 0 spiro atoms. The Morgan fingerprint density at radius 1 is 1.50 bits per heavy atom. The van der Waals surface area contributed by atoms with Crippen LogP contribution in [-0.2, 0) is 11.3 Å². The molecular weight excluding hydrogens is 206 g/mol. The Balaban J connectivity index is 2.52. The third kappa shape index (κ3) is 4.57. The summed E-state index contributed by atoms with van der Waals surface area (Å²) in [5, 5.41) is 8.94. The highest BCUT2D eigenvalue weighted by molar-refractivity contribution is 5.37. The van der Waals surface area contributed by atoms with Crippen molar-refractivity contribution in [2.75, 3.05) is 39.1 Å². The van der Waals surface area contributed by atoms with Crippen molar-refractivity contribution in [3.8, 4) is 0 Å². The van der Waals surface area contributed by atoms with Gasteiger partial charge in [0.05, 0.1) is 18.9 Å². The van der Waals surface area contributed by atoms with E-state index in [2.05, 4.69) is 9.88 Å². The van der Waals surface area contributed by atoms with Gasteiger partial charge in [-0.15, -0.1) is 0 Å². The first-order chi connectivity index (χ1) is 7.76. The summed E-state index contributed by atoms with van der Waals surface area (Å²) in [7, 11) is 1.66. The Morgan fingerprint density at radius 3 is 2.94 bits per heavy atom. The Labute approximate surface area is 95.8 Å². The highest BCUT2D eigenvalue weighted by Crippen LogP contribution is 2.06. The summed E-state index contributed by atoms with van der Waals surface area (Å²) in [6.45, 7) is 2.83. The summed E-state index contributed by atoms with van der Waals surface area (Å²) in [5.41, 5.74) is 7.29. The number of anilines is 1. The summed E-state index contributed by atoms with van der Waals surface area (Å²) in [6.07, 6.45) is 1.69. The fourth-order valence-corrected chi connectivity index (χ4v) is 1.44. The van der Waals surface area contributed by atoms with Crippen LogP contribution in [0.2, 0.25) is 0 Å². The number of aliphatic hydroxyl groups is 1. The Kier molecular flexibility index (Phi) is 5.77. The Morgan fingerprint density at radius 2 is 2.31 bits per heavy atom. The second-order valence-corrected chi connectivity index (χ2v) is 3.57. The molecule has 0 aliphatic carbocycles. The summed E-state index contributed by atoms with van der Waals surface area (Å²) in [6, 6.07) is 3.60. The molecule has 1 aromatic heterocycles. The molecule has 0 aliphatic heterocycles. The molecule has 0 amide bonds. The summed E-state index contributed by atoms with van der Waals surface area (Å²) in [4.78, 5) is 6.30. The minimum atomic E-state index is 0.131. The van der Waals surface area contributed by atoms with E-state index in [0.717, 1.165) is 12.2 Å². The molecule has 90 valence electrons. The van der Waals surface area contributed by atoms with Gasteiger partial charge in [-0.3, -0.25) is 9.88 Å². The van der Waals surface area contributed by atoms with Gasteiger partial charge in [0.25, 0.3) is 0 Å². The lowest BCUT2D eigenvalue weighted by Gasteiger charge is -2.20. The monoisotopic (exact) mass is 225 g/mol. The van der Waals surface area contributed by atoms with E-state index in [1.54, 1.807) is 19.4 Å². The number of hydrogen-bond acceptors (Lipinski definition) is 5. The topological polar surface area (TPSA) is 71.6 Å². The van der Waals surface area contributed by atoms with Crippen molar-refractivity contribution in [3.05, 3.63) is 24.0 Å². The molecule has 1 aromatic rings. The minimum absolute atomic E-state index is 0.131. The maximum absolute atomic E-state index is 8.94. The molecule has 0 radical (unpaired) electrons. The van der Waals surface area contributed by atoms with Crippen LogP contribution < -0.4 is 5.73 Å². The maximum Gasteiger partial charge on any atom is 0.0589 e. The standard InChI is InChI=1S/C11H19N3O2/c1-16-7-5-14(4-6-15)9-11-8-10(12)2-3-13-11/h2-3,8,15H,4-7,9H2,1H3,(H2,12,13). The second kappa shape index (κ2) is 7.16. The predicted octanol–water partition coefficient (Wildman–Crippen LogP) is 0.104. The lowest BCUT2D eigenvalue weighted by Crippen LogP contribution is -2.30. The number of hydrogen-bond donors (Lipinski definition) is 2. The normalized spacial score (nSPS) is 10.9. The lowest BCUT2D eigenvalue weighted by molar-refractivity contribution is 0.126. The molecule has 0 fully saturated rings. The van der Waals surface area contributed by atoms with Gasteiger partial charge in [-0.25, -0.2) is 0 Å². The molecular formula is C11H19N3O2. The van der Waals surface area contributed by atoms with Crippen LogP contribution in [-0.4, -0.2) is 48.4 Å². The van der Waals surface area contributed by atoms with Gasteiger partial charge < -0.3 is 15.6 Å². The van der Waals surface area contributed by atoms with Crippen molar-refractivity contribution in [2.45, 2.75) is 6.54 Å². The van der Waals surface area contributed by atoms with E-state index in [4.69, 9.17) is 15.6 Å². The third-order valence-corrected chi connectivity index (χ3v) is 2.25. The van der Waals surface area contributed by atoms with Crippen molar-refractivity contribution in [2.24, 2.45) is 0 Å². The van der Waals surface area contributed by atoms with Crippen LogP contribution in [0.1, 0.15) is 5.69 Å². The number of methoxy groups -OCH3 is 1. The number of aromatic nitrogens is 1. The maximum atomic E-state index is 8.94. The van der Waals surface area contributed by atoms with Crippen molar-refractivity contribution < 1.29 is 9.84 Å². The van der Waals surface area contributed by atoms with Crippen molar-refractivity contribution in [3.63, 3.8) is 0 Å². The molecule has 0 aromatic carbocycles. The minimum Gasteiger partial charge on any atom is -0.399 e. The second-order valence-electron chi connectivity index (χ2n) is 3.57. The summed E-state index contributed by atoms with van der Waals surface area (Å²) in [5.74, 6) is 0. The van der Waals surface area contributed by atoms with Crippen LogP contribution in [0.3, 0.4) is 0 Å². The quantitative estimate of drug-likeness (QED) is 0.689. The molecule has 0 bridgehead atoms. The van der Waals surface area contributed by atoms with Gasteiger partial charge in [0.1, 0.15) is 0 Å². The fraction of sp³-hybridized carbons (Fsp3) is 0.545. The van der Waals surface area contributed by atoms with Gasteiger partial charge in [0, 0.05) is 38.6 Å². The Bertz CT molecular complexity index is 307. The van der Waals surface area contributed by atoms with Crippen LogP contribution in [0, 0.1) is 0 Å². The van der Waals surface area contributed by atoms with Gasteiger partial charge in [0.15, 0.2) is 0 Å².